The zero-order chi connectivity index (χ0) is 25.9. The summed E-state index contributed by atoms with van der Waals surface area (Å²) in [5.74, 6) is -2.62. The van der Waals surface area contributed by atoms with Crippen molar-refractivity contribution in [2.24, 2.45) is 0 Å². The summed E-state index contributed by atoms with van der Waals surface area (Å²) < 4.78 is 5.51. The van der Waals surface area contributed by atoms with Gasteiger partial charge in [-0.25, -0.2) is 9.59 Å². The van der Waals surface area contributed by atoms with E-state index in [1.54, 1.807) is 0 Å². The van der Waals surface area contributed by atoms with Crippen molar-refractivity contribution in [2.75, 3.05) is 32.8 Å². The zero-order valence-electron chi connectivity index (χ0n) is 20.2. The molecular weight excluding hydrogens is 460 g/mol. The van der Waals surface area contributed by atoms with Crippen LogP contribution in [0.4, 0.5) is 0 Å². The number of ether oxygens (including phenoxy) is 1. The van der Waals surface area contributed by atoms with Crippen molar-refractivity contribution in [1.29, 1.82) is 0 Å². The first-order valence-electron chi connectivity index (χ1n) is 11.7. The van der Waals surface area contributed by atoms with Gasteiger partial charge in [-0.3, -0.25) is 9.69 Å². The van der Waals surface area contributed by atoms with Gasteiger partial charge < -0.3 is 19.8 Å². The van der Waals surface area contributed by atoms with Gasteiger partial charge in [0.25, 0.3) is 5.91 Å². The van der Waals surface area contributed by atoms with Crippen molar-refractivity contribution in [2.45, 2.75) is 13.5 Å². The molecule has 0 atom stereocenters. The van der Waals surface area contributed by atoms with E-state index in [1.165, 1.54) is 11.1 Å². The van der Waals surface area contributed by atoms with E-state index in [4.69, 9.17) is 24.5 Å². The van der Waals surface area contributed by atoms with E-state index in [1.807, 2.05) is 66.4 Å². The highest BCUT2D eigenvalue weighted by molar-refractivity contribution is 6.27. The summed E-state index contributed by atoms with van der Waals surface area (Å²) in [6, 6.07) is 26.5. The first kappa shape index (κ1) is 26.4. The van der Waals surface area contributed by atoms with E-state index in [0.717, 1.165) is 49.6 Å². The van der Waals surface area contributed by atoms with Gasteiger partial charge in [0.15, 0.2) is 0 Å². The summed E-state index contributed by atoms with van der Waals surface area (Å²) in [4.78, 5) is 35.5. The molecule has 3 aromatic carbocycles. The van der Waals surface area contributed by atoms with E-state index in [-0.39, 0.29) is 5.91 Å². The minimum absolute atomic E-state index is 0.121. The largest absolute Gasteiger partial charge is 0.494 e. The van der Waals surface area contributed by atoms with Gasteiger partial charge in [0, 0.05) is 38.3 Å². The van der Waals surface area contributed by atoms with E-state index in [9.17, 15) is 4.79 Å². The number of carboxylic acid groups (broad SMARTS) is 2. The number of carbonyl (C=O) groups excluding carboxylic acids is 1. The lowest BCUT2D eigenvalue weighted by Crippen LogP contribution is -2.48. The third-order valence-corrected chi connectivity index (χ3v) is 5.72. The molecule has 3 aromatic rings. The van der Waals surface area contributed by atoms with Crippen LogP contribution in [0.15, 0.2) is 78.9 Å². The smallest absolute Gasteiger partial charge is 0.414 e. The second-order valence-corrected chi connectivity index (χ2v) is 8.20. The molecule has 8 nitrogen and oxygen atoms in total. The molecule has 188 valence electrons. The second-order valence-electron chi connectivity index (χ2n) is 8.20. The van der Waals surface area contributed by atoms with Crippen LogP contribution in [0.3, 0.4) is 0 Å². The van der Waals surface area contributed by atoms with Crippen molar-refractivity contribution >= 4 is 17.8 Å². The highest BCUT2D eigenvalue weighted by Gasteiger charge is 2.22. The predicted molar refractivity (Wildman–Crippen MR) is 136 cm³/mol. The van der Waals surface area contributed by atoms with Crippen molar-refractivity contribution in [3.63, 3.8) is 0 Å². The van der Waals surface area contributed by atoms with Gasteiger partial charge in [-0.1, -0.05) is 54.6 Å². The van der Waals surface area contributed by atoms with Crippen molar-refractivity contribution in [1.82, 2.24) is 9.80 Å². The highest BCUT2D eigenvalue weighted by Crippen LogP contribution is 2.20. The summed E-state index contributed by atoms with van der Waals surface area (Å²) >= 11 is 0. The first-order chi connectivity index (χ1) is 17.4. The average molecular weight is 491 g/mol. The second kappa shape index (κ2) is 13.1. The van der Waals surface area contributed by atoms with Crippen LogP contribution in [0.5, 0.6) is 5.75 Å². The summed E-state index contributed by atoms with van der Waals surface area (Å²) in [6.07, 6.45) is 0. The fourth-order valence-electron chi connectivity index (χ4n) is 3.84. The monoisotopic (exact) mass is 490 g/mol. The molecule has 1 aliphatic rings. The lowest BCUT2D eigenvalue weighted by molar-refractivity contribution is -0.159. The maximum Gasteiger partial charge on any atom is 0.414 e. The molecule has 1 fully saturated rings. The van der Waals surface area contributed by atoms with Crippen LogP contribution in [0.2, 0.25) is 0 Å². The van der Waals surface area contributed by atoms with Gasteiger partial charge in [-0.05, 0) is 47.9 Å². The maximum absolute atomic E-state index is 12.9. The van der Waals surface area contributed by atoms with Crippen molar-refractivity contribution in [3.8, 4) is 16.9 Å². The number of hydrogen-bond donors (Lipinski definition) is 2. The SMILES string of the molecule is CCOc1ccc(CN2CCN(C(=O)c3ccc(-c4ccccc4)cc3)CC2)cc1.O=C(O)C(=O)O. The standard InChI is InChI=1S/C26H28N2O2.C2H2O4/c1-2-30-25-14-8-21(9-15-25)20-27-16-18-28(19-17-27)26(29)24-12-10-23(11-13-24)22-6-4-3-5-7-22;3-1(4)2(5)6/h3-15H,2,16-20H2,1H3;(H,3,4)(H,5,6). The molecule has 0 radical (unpaired) electrons. The summed E-state index contributed by atoms with van der Waals surface area (Å²) in [7, 11) is 0. The Labute approximate surface area is 210 Å². The molecular formula is C28H30N2O6. The topological polar surface area (TPSA) is 107 Å². The maximum atomic E-state index is 12.9. The van der Waals surface area contributed by atoms with Crippen LogP contribution in [0.25, 0.3) is 11.1 Å². The average Bonchev–Trinajstić information content (AvgIpc) is 2.91. The molecule has 0 spiro atoms. The van der Waals surface area contributed by atoms with E-state index < -0.39 is 11.9 Å². The summed E-state index contributed by atoms with van der Waals surface area (Å²) in [6.45, 7) is 6.88. The number of carbonyl (C=O) groups is 3. The minimum Gasteiger partial charge on any atom is -0.494 e. The molecule has 1 aliphatic heterocycles. The third-order valence-electron chi connectivity index (χ3n) is 5.72. The number of aliphatic carboxylic acids is 2. The van der Waals surface area contributed by atoms with E-state index in [2.05, 4.69) is 29.2 Å². The lowest BCUT2D eigenvalue weighted by atomic mass is 10.0. The molecule has 1 heterocycles. The Morgan fingerprint density at radius 2 is 1.31 bits per heavy atom. The van der Waals surface area contributed by atoms with Crippen LogP contribution >= 0.6 is 0 Å². The quantitative estimate of drug-likeness (QED) is 0.505. The van der Waals surface area contributed by atoms with E-state index >= 15 is 0 Å². The van der Waals surface area contributed by atoms with Crippen LogP contribution in [0, 0.1) is 0 Å². The van der Waals surface area contributed by atoms with Gasteiger partial charge in [0.05, 0.1) is 6.61 Å². The number of nitrogens with zero attached hydrogens (tertiary/aromatic N) is 2. The van der Waals surface area contributed by atoms with Crippen molar-refractivity contribution < 1.29 is 29.3 Å². The number of rotatable bonds is 6. The van der Waals surface area contributed by atoms with Crippen LogP contribution in [-0.4, -0.2) is 70.6 Å². The molecule has 0 bridgehead atoms. The number of piperazine rings is 1. The normalized spacial score (nSPS) is 13.3. The Hall–Kier alpha value is -4.17. The van der Waals surface area contributed by atoms with Crippen LogP contribution < -0.4 is 4.74 Å². The molecule has 8 heteroatoms. The van der Waals surface area contributed by atoms with E-state index in [0.29, 0.717) is 6.61 Å². The zero-order valence-corrected chi connectivity index (χ0v) is 20.2. The molecule has 2 N–H and O–H groups in total. The summed E-state index contributed by atoms with van der Waals surface area (Å²) in [5.41, 5.74) is 4.33. The molecule has 1 saturated heterocycles. The fraction of sp³-hybridized carbons (Fsp3) is 0.250. The van der Waals surface area contributed by atoms with Gasteiger partial charge >= 0.3 is 11.9 Å². The number of carboxylic acids is 2. The highest BCUT2D eigenvalue weighted by atomic mass is 16.5. The third kappa shape index (κ3) is 7.68. The molecule has 0 unspecified atom stereocenters. The Morgan fingerprint density at radius 3 is 1.83 bits per heavy atom. The molecule has 0 aromatic heterocycles. The van der Waals surface area contributed by atoms with Crippen LogP contribution in [0.1, 0.15) is 22.8 Å². The molecule has 0 aliphatic carbocycles. The Bertz CT molecular complexity index is 1130. The molecule has 0 saturated carbocycles. The Kier molecular flexibility index (Phi) is 9.59. The number of benzene rings is 3. The molecule has 36 heavy (non-hydrogen) atoms. The first-order valence-corrected chi connectivity index (χ1v) is 11.7. The predicted octanol–water partition coefficient (Wildman–Crippen LogP) is 3.87. The number of amides is 1. The van der Waals surface area contributed by atoms with Gasteiger partial charge in [0.1, 0.15) is 5.75 Å². The summed E-state index contributed by atoms with van der Waals surface area (Å²) in [5, 5.41) is 14.8. The van der Waals surface area contributed by atoms with Gasteiger partial charge in [0.2, 0.25) is 0 Å². The lowest BCUT2D eigenvalue weighted by Gasteiger charge is -2.34. The fourth-order valence-corrected chi connectivity index (χ4v) is 3.84. The van der Waals surface area contributed by atoms with Gasteiger partial charge in [-0.2, -0.15) is 0 Å². The molecule has 1 amide bonds. The van der Waals surface area contributed by atoms with Crippen molar-refractivity contribution in [3.05, 3.63) is 90.0 Å². The van der Waals surface area contributed by atoms with Crippen LogP contribution in [-0.2, 0) is 16.1 Å². The number of hydrogen-bond acceptors (Lipinski definition) is 5. The Morgan fingerprint density at radius 1 is 0.750 bits per heavy atom. The molecule has 4 rings (SSSR count). The Balaban J connectivity index is 0.000000538. The van der Waals surface area contributed by atoms with Gasteiger partial charge in [-0.15, -0.1) is 0 Å². The minimum atomic E-state index is -1.82.